The molecule has 0 unspecified atom stereocenters. The maximum Gasteiger partial charge on any atom is 0.255 e. The predicted molar refractivity (Wildman–Crippen MR) is 152 cm³/mol. The zero-order chi connectivity index (χ0) is 27.7. The lowest BCUT2D eigenvalue weighted by Gasteiger charge is -2.19. The number of carbonyl (C=O) groups is 2. The van der Waals surface area contributed by atoms with E-state index in [-0.39, 0.29) is 23.7 Å². The molecule has 2 aromatic carbocycles. The van der Waals surface area contributed by atoms with Gasteiger partial charge in [-0.15, -0.1) is 0 Å². The Labute approximate surface area is 227 Å². The summed E-state index contributed by atoms with van der Waals surface area (Å²) in [6.45, 7) is 4.94. The molecule has 5 rings (SSSR count). The van der Waals surface area contributed by atoms with E-state index in [2.05, 4.69) is 15.4 Å². The van der Waals surface area contributed by atoms with E-state index in [4.69, 9.17) is 11.5 Å². The van der Waals surface area contributed by atoms with Gasteiger partial charge in [-0.25, -0.2) is 4.98 Å². The van der Waals surface area contributed by atoms with Crippen molar-refractivity contribution in [3.63, 3.8) is 0 Å². The summed E-state index contributed by atoms with van der Waals surface area (Å²) in [4.78, 5) is 32.2. The number of nitrogen functional groups attached to an aromatic ring is 1. The highest BCUT2D eigenvalue weighted by Crippen LogP contribution is 2.25. The number of nitrogens with two attached hydrogens (primary N) is 2. The summed E-state index contributed by atoms with van der Waals surface area (Å²) in [5.74, 6) is -0.204. The number of rotatable bonds is 6. The molecule has 9 heteroatoms. The van der Waals surface area contributed by atoms with Crippen molar-refractivity contribution in [2.45, 2.75) is 31.8 Å². The second-order valence-electron chi connectivity index (χ2n) is 10.6. The Balaban J connectivity index is 1.21. The van der Waals surface area contributed by atoms with Crippen LogP contribution in [0.5, 0.6) is 0 Å². The molecule has 0 spiro atoms. The molecule has 1 fully saturated rings. The normalized spacial score (nSPS) is 15.4. The monoisotopic (exact) mass is 523 g/mol. The van der Waals surface area contributed by atoms with Crippen LogP contribution in [-0.2, 0) is 12.6 Å². The van der Waals surface area contributed by atoms with Gasteiger partial charge in [-0.1, -0.05) is 36.4 Å². The Kier molecular flexibility index (Phi) is 6.93. The summed E-state index contributed by atoms with van der Waals surface area (Å²) < 4.78 is 1.68. The molecule has 2 aromatic heterocycles. The van der Waals surface area contributed by atoms with E-state index < -0.39 is 5.54 Å². The Morgan fingerprint density at radius 3 is 2.26 bits per heavy atom. The predicted octanol–water partition coefficient (Wildman–Crippen LogP) is 3.57. The number of likely N-dealkylation sites (tertiary alicyclic amines) is 1. The molecule has 1 saturated heterocycles. The molecule has 2 amide bonds. The Hall–Kier alpha value is -4.50. The number of aryl methyl sites for hydroxylation is 1. The average molecular weight is 524 g/mol. The van der Waals surface area contributed by atoms with Gasteiger partial charge >= 0.3 is 0 Å². The Bertz CT molecular complexity index is 1500. The van der Waals surface area contributed by atoms with Crippen molar-refractivity contribution in [1.29, 1.82) is 0 Å². The number of hydrogen-bond acceptors (Lipinski definition) is 6. The van der Waals surface area contributed by atoms with Gasteiger partial charge in [0.05, 0.1) is 11.8 Å². The molecule has 1 aliphatic rings. The highest BCUT2D eigenvalue weighted by molar-refractivity contribution is 6.00. The maximum absolute atomic E-state index is 13.2. The number of anilines is 1. The molecule has 1 atom stereocenters. The lowest BCUT2D eigenvalue weighted by atomic mass is 9.93. The van der Waals surface area contributed by atoms with Crippen LogP contribution < -0.4 is 16.8 Å². The number of aromatic nitrogens is 3. The molecule has 3 heterocycles. The van der Waals surface area contributed by atoms with E-state index in [1.807, 2.05) is 75.6 Å². The van der Waals surface area contributed by atoms with Crippen molar-refractivity contribution in [3.05, 3.63) is 89.9 Å². The molecule has 0 saturated carbocycles. The molecule has 39 heavy (non-hydrogen) atoms. The van der Waals surface area contributed by atoms with Gasteiger partial charge in [-0.05, 0) is 55.2 Å². The third-order valence-electron chi connectivity index (χ3n) is 7.11. The van der Waals surface area contributed by atoms with Gasteiger partial charge in [0.1, 0.15) is 5.82 Å². The van der Waals surface area contributed by atoms with Gasteiger partial charge in [0, 0.05) is 60.8 Å². The van der Waals surface area contributed by atoms with Gasteiger partial charge in [-0.3, -0.25) is 14.3 Å². The van der Waals surface area contributed by atoms with Crippen molar-refractivity contribution in [2.24, 2.45) is 12.8 Å². The topological polar surface area (TPSA) is 132 Å². The van der Waals surface area contributed by atoms with Gasteiger partial charge in [0.25, 0.3) is 11.8 Å². The minimum absolute atomic E-state index is 0.0571. The maximum atomic E-state index is 13.2. The van der Waals surface area contributed by atoms with Crippen LogP contribution in [0.1, 0.15) is 46.5 Å². The Morgan fingerprint density at radius 2 is 1.64 bits per heavy atom. The average Bonchev–Trinajstić information content (AvgIpc) is 3.57. The van der Waals surface area contributed by atoms with Crippen molar-refractivity contribution in [2.75, 3.05) is 18.8 Å². The summed E-state index contributed by atoms with van der Waals surface area (Å²) in [5, 5.41) is 7.19. The first-order valence-corrected chi connectivity index (χ1v) is 12.9. The van der Waals surface area contributed by atoms with Gasteiger partial charge in [-0.2, -0.15) is 5.10 Å². The fourth-order valence-electron chi connectivity index (χ4n) is 4.79. The lowest BCUT2D eigenvalue weighted by molar-refractivity contribution is 0.0783. The quantitative estimate of drug-likeness (QED) is 0.354. The number of hydrogen-bond donors (Lipinski definition) is 3. The van der Waals surface area contributed by atoms with Crippen molar-refractivity contribution in [1.82, 2.24) is 25.0 Å². The van der Waals surface area contributed by atoms with Crippen molar-refractivity contribution >= 4 is 17.6 Å². The molecule has 9 nitrogen and oxygen atoms in total. The van der Waals surface area contributed by atoms with Crippen LogP contribution in [0, 0.1) is 0 Å². The lowest BCUT2D eigenvalue weighted by Crippen LogP contribution is -2.38. The molecule has 1 aliphatic heterocycles. The highest BCUT2D eigenvalue weighted by Gasteiger charge is 2.29. The fourth-order valence-corrected chi connectivity index (χ4v) is 4.79. The molecular weight excluding hydrogens is 490 g/mol. The minimum atomic E-state index is -0.394. The summed E-state index contributed by atoms with van der Waals surface area (Å²) in [6, 6.07) is 17.3. The molecule has 4 aromatic rings. The number of amides is 2. The molecule has 5 N–H and O–H groups in total. The molecule has 0 bridgehead atoms. The van der Waals surface area contributed by atoms with Gasteiger partial charge in [0.2, 0.25) is 0 Å². The number of nitrogens with one attached hydrogen (secondary N) is 1. The van der Waals surface area contributed by atoms with E-state index in [1.54, 1.807) is 28.0 Å². The standard InChI is InChI=1S/C30H33N7O2/c1-30(2,32)24-10-8-20(9-11-24)19-4-6-21(7-5-19)29(39)37-13-12-25(18-37)35-28(38)26-14-22(15-33-27(26)31)23-16-34-36(3)17-23/h4-11,14-17,25H,12-13,18,32H2,1-3H3,(H2,31,33)(H,35,38)/t25-/m1/s1. The molecule has 0 radical (unpaired) electrons. The number of carbonyl (C=O) groups excluding carboxylic acids is 2. The Morgan fingerprint density at radius 1 is 0.974 bits per heavy atom. The van der Waals surface area contributed by atoms with E-state index in [0.717, 1.165) is 27.8 Å². The summed E-state index contributed by atoms with van der Waals surface area (Å²) in [7, 11) is 1.82. The van der Waals surface area contributed by atoms with Gasteiger partial charge in [0.15, 0.2) is 0 Å². The van der Waals surface area contributed by atoms with Crippen LogP contribution in [-0.4, -0.2) is 50.6 Å². The first-order chi connectivity index (χ1) is 18.6. The summed E-state index contributed by atoms with van der Waals surface area (Å²) >= 11 is 0. The largest absolute Gasteiger partial charge is 0.383 e. The summed E-state index contributed by atoms with van der Waals surface area (Å²) in [6.07, 6.45) is 5.84. The first-order valence-electron chi connectivity index (χ1n) is 12.9. The third-order valence-corrected chi connectivity index (χ3v) is 7.11. The second kappa shape index (κ2) is 10.3. The van der Waals surface area contributed by atoms with Crippen LogP contribution in [0.15, 0.2) is 73.2 Å². The smallest absolute Gasteiger partial charge is 0.255 e. The first kappa shape index (κ1) is 26.1. The van der Waals surface area contributed by atoms with Crippen LogP contribution in [0.4, 0.5) is 5.82 Å². The summed E-state index contributed by atoms with van der Waals surface area (Å²) in [5.41, 5.74) is 17.5. The van der Waals surface area contributed by atoms with E-state index in [1.165, 1.54) is 0 Å². The second-order valence-corrected chi connectivity index (χ2v) is 10.6. The molecular formula is C30H33N7O2. The highest BCUT2D eigenvalue weighted by atomic mass is 16.2. The van der Waals surface area contributed by atoms with Crippen LogP contribution in [0.25, 0.3) is 22.3 Å². The van der Waals surface area contributed by atoms with E-state index in [0.29, 0.717) is 30.6 Å². The minimum Gasteiger partial charge on any atom is -0.383 e. The third kappa shape index (κ3) is 5.68. The number of nitrogens with zero attached hydrogens (tertiary/aromatic N) is 4. The number of benzene rings is 2. The van der Waals surface area contributed by atoms with Crippen LogP contribution >= 0.6 is 0 Å². The van der Waals surface area contributed by atoms with E-state index in [9.17, 15) is 9.59 Å². The molecule has 0 aliphatic carbocycles. The molecule has 200 valence electrons. The van der Waals surface area contributed by atoms with Crippen molar-refractivity contribution in [3.8, 4) is 22.3 Å². The zero-order valence-corrected chi connectivity index (χ0v) is 22.4. The SMILES string of the molecule is Cn1cc(-c2cnc(N)c(C(=O)N[C@@H]3CCN(C(=O)c4ccc(-c5ccc(C(C)(C)N)cc5)cc4)C3)c2)cn1. The fraction of sp³-hybridized carbons (Fsp3) is 0.267. The van der Waals surface area contributed by atoms with Crippen molar-refractivity contribution < 1.29 is 9.59 Å². The van der Waals surface area contributed by atoms with Crippen LogP contribution in [0.3, 0.4) is 0 Å². The van der Waals surface area contributed by atoms with E-state index >= 15 is 0 Å². The van der Waals surface area contributed by atoms with Gasteiger partial charge < -0.3 is 21.7 Å². The zero-order valence-electron chi connectivity index (χ0n) is 22.4. The number of pyridine rings is 1. The van der Waals surface area contributed by atoms with Crippen LogP contribution in [0.2, 0.25) is 0 Å².